The highest BCUT2D eigenvalue weighted by atomic mass is 32.2. The van der Waals surface area contributed by atoms with Crippen LogP contribution in [0.4, 0.5) is 0 Å². The summed E-state index contributed by atoms with van der Waals surface area (Å²) in [5.74, 6) is -0.0334. The summed E-state index contributed by atoms with van der Waals surface area (Å²) >= 11 is 0. The molecule has 6 nitrogen and oxygen atoms in total. The fourth-order valence-electron chi connectivity index (χ4n) is 3.20. The van der Waals surface area contributed by atoms with Gasteiger partial charge in [0.15, 0.2) is 6.54 Å². The monoisotopic (exact) mass is 418 g/mol. The molecular weight excluding hydrogens is 386 g/mol. The van der Waals surface area contributed by atoms with Crippen LogP contribution in [-0.2, 0) is 14.8 Å². The van der Waals surface area contributed by atoms with Crippen molar-refractivity contribution in [3.05, 3.63) is 65.7 Å². The Bertz CT molecular complexity index is 879. The van der Waals surface area contributed by atoms with Crippen molar-refractivity contribution in [1.29, 1.82) is 0 Å². The topological polar surface area (TPSA) is 83.1 Å². The fourth-order valence-corrected chi connectivity index (χ4v) is 4.66. The van der Waals surface area contributed by atoms with Crippen molar-refractivity contribution in [2.45, 2.75) is 44.7 Å². The number of nitrogens with one attached hydrogen (secondary N) is 1. The molecule has 2 aromatic rings. The van der Waals surface area contributed by atoms with Gasteiger partial charge in [0.2, 0.25) is 10.0 Å². The van der Waals surface area contributed by atoms with E-state index in [1.807, 2.05) is 75.5 Å². The summed E-state index contributed by atoms with van der Waals surface area (Å²) in [5, 5.41) is 4.95. The average Bonchev–Trinajstić information content (AvgIpc) is 2.73. The van der Waals surface area contributed by atoms with Crippen LogP contribution >= 0.6 is 0 Å². The standard InChI is InChI=1S/C22H31N3O3S/c1-5-25(6-2)29(27,28)21-14-12-20(13-15-21)17(3)23-16-22(26)24-18(4)19-10-8-7-9-11-19/h7-15,17-18,23H,5-6,16H2,1-4H3,(H,24,26)/p+1/t17-,18-/m0/s1. The minimum atomic E-state index is -3.45. The lowest BCUT2D eigenvalue weighted by atomic mass is 10.1. The van der Waals surface area contributed by atoms with Crippen molar-refractivity contribution in [3.63, 3.8) is 0 Å². The maximum atomic E-state index is 12.6. The highest BCUT2D eigenvalue weighted by Gasteiger charge is 2.22. The van der Waals surface area contributed by atoms with Gasteiger partial charge in [-0.2, -0.15) is 4.31 Å². The fraction of sp³-hybridized carbons (Fsp3) is 0.409. The summed E-state index contributed by atoms with van der Waals surface area (Å²) in [5.41, 5.74) is 2.05. The number of sulfonamides is 1. The Labute approximate surface area is 174 Å². The number of benzene rings is 2. The Hall–Kier alpha value is -2.22. The molecule has 2 rings (SSSR count). The number of hydrogen-bond acceptors (Lipinski definition) is 3. The molecule has 158 valence electrons. The predicted molar refractivity (Wildman–Crippen MR) is 115 cm³/mol. The molecule has 0 aliphatic heterocycles. The maximum absolute atomic E-state index is 12.6. The SMILES string of the molecule is CCN(CC)S(=O)(=O)c1ccc([C@H](C)[NH2+]CC(=O)N[C@@H](C)c2ccccc2)cc1. The van der Waals surface area contributed by atoms with Crippen LogP contribution < -0.4 is 10.6 Å². The van der Waals surface area contributed by atoms with Crippen LogP contribution in [0.5, 0.6) is 0 Å². The molecule has 0 heterocycles. The van der Waals surface area contributed by atoms with Gasteiger partial charge in [-0.3, -0.25) is 4.79 Å². The zero-order valence-electron chi connectivity index (χ0n) is 17.6. The first-order chi connectivity index (χ1) is 13.8. The first-order valence-corrected chi connectivity index (χ1v) is 11.5. The summed E-state index contributed by atoms with van der Waals surface area (Å²) in [6, 6.07) is 16.8. The van der Waals surface area contributed by atoms with E-state index in [-0.39, 0.29) is 18.0 Å². The smallest absolute Gasteiger partial charge is 0.275 e. The van der Waals surface area contributed by atoms with Crippen molar-refractivity contribution in [2.24, 2.45) is 0 Å². The van der Waals surface area contributed by atoms with Gasteiger partial charge in [0.25, 0.3) is 5.91 Å². The third-order valence-corrected chi connectivity index (χ3v) is 7.15. The van der Waals surface area contributed by atoms with Gasteiger partial charge in [-0.15, -0.1) is 0 Å². The van der Waals surface area contributed by atoms with E-state index in [1.165, 1.54) is 4.31 Å². The molecule has 0 radical (unpaired) electrons. The molecule has 0 aliphatic rings. The third-order valence-electron chi connectivity index (χ3n) is 5.08. The Morgan fingerprint density at radius 1 is 0.966 bits per heavy atom. The summed E-state index contributed by atoms with van der Waals surface area (Å²) in [6.45, 7) is 8.82. The van der Waals surface area contributed by atoms with Gasteiger partial charge < -0.3 is 10.6 Å². The lowest BCUT2D eigenvalue weighted by molar-refractivity contribution is -0.682. The van der Waals surface area contributed by atoms with Gasteiger partial charge in [-0.25, -0.2) is 8.42 Å². The molecular formula is C22H32N3O3S+. The van der Waals surface area contributed by atoms with Crippen LogP contribution in [0.1, 0.15) is 50.9 Å². The van der Waals surface area contributed by atoms with E-state index in [1.54, 1.807) is 12.1 Å². The Kier molecular flexibility index (Phi) is 8.37. The number of hydrogen-bond donors (Lipinski definition) is 2. The van der Waals surface area contributed by atoms with Gasteiger partial charge in [-0.1, -0.05) is 56.3 Å². The molecule has 0 saturated carbocycles. The molecule has 7 heteroatoms. The Morgan fingerprint density at radius 3 is 2.10 bits per heavy atom. The third kappa shape index (κ3) is 6.13. The molecule has 2 atom stereocenters. The van der Waals surface area contributed by atoms with E-state index in [0.717, 1.165) is 11.1 Å². The highest BCUT2D eigenvalue weighted by Crippen LogP contribution is 2.18. The first kappa shape index (κ1) is 23.1. The predicted octanol–water partition coefficient (Wildman–Crippen LogP) is 2.22. The molecule has 0 aliphatic carbocycles. The van der Waals surface area contributed by atoms with Gasteiger partial charge >= 0.3 is 0 Å². The molecule has 2 aromatic carbocycles. The van der Waals surface area contributed by atoms with Gasteiger partial charge in [0.05, 0.1) is 10.9 Å². The van der Waals surface area contributed by atoms with Crippen LogP contribution in [0.2, 0.25) is 0 Å². The number of nitrogens with two attached hydrogens (primary N) is 1. The number of rotatable bonds is 10. The molecule has 0 spiro atoms. The van der Waals surface area contributed by atoms with E-state index in [2.05, 4.69) is 5.32 Å². The van der Waals surface area contributed by atoms with Crippen LogP contribution in [0.25, 0.3) is 0 Å². The molecule has 0 fully saturated rings. The summed E-state index contributed by atoms with van der Waals surface area (Å²) in [7, 11) is -3.45. The minimum absolute atomic E-state index is 0.0334. The number of carbonyl (C=O) groups is 1. The van der Waals surface area contributed by atoms with Crippen molar-refractivity contribution in [3.8, 4) is 0 Å². The maximum Gasteiger partial charge on any atom is 0.275 e. The second-order valence-corrected chi connectivity index (χ2v) is 9.02. The second kappa shape index (κ2) is 10.5. The molecule has 1 amide bonds. The molecule has 0 saturated heterocycles. The zero-order valence-corrected chi connectivity index (χ0v) is 18.4. The van der Waals surface area contributed by atoms with Crippen LogP contribution in [0, 0.1) is 0 Å². The van der Waals surface area contributed by atoms with Crippen molar-refractivity contribution in [1.82, 2.24) is 9.62 Å². The van der Waals surface area contributed by atoms with Crippen LogP contribution in [0.15, 0.2) is 59.5 Å². The molecule has 29 heavy (non-hydrogen) atoms. The Balaban J connectivity index is 1.92. The largest absolute Gasteiger partial charge is 0.345 e. The number of nitrogens with zero attached hydrogens (tertiary/aromatic N) is 1. The van der Waals surface area contributed by atoms with Gasteiger partial charge in [0, 0.05) is 18.7 Å². The van der Waals surface area contributed by atoms with E-state index < -0.39 is 10.0 Å². The van der Waals surface area contributed by atoms with Crippen molar-refractivity contribution in [2.75, 3.05) is 19.6 Å². The van der Waals surface area contributed by atoms with E-state index in [4.69, 9.17) is 0 Å². The number of carbonyl (C=O) groups excluding carboxylic acids is 1. The second-order valence-electron chi connectivity index (χ2n) is 7.09. The van der Waals surface area contributed by atoms with E-state index in [0.29, 0.717) is 24.5 Å². The zero-order chi connectivity index (χ0) is 21.4. The molecule has 0 aromatic heterocycles. The Morgan fingerprint density at radius 2 is 1.55 bits per heavy atom. The average molecular weight is 419 g/mol. The van der Waals surface area contributed by atoms with Crippen LogP contribution in [-0.4, -0.2) is 38.3 Å². The molecule has 0 unspecified atom stereocenters. The first-order valence-electron chi connectivity index (χ1n) is 10.1. The number of quaternary nitrogens is 1. The van der Waals surface area contributed by atoms with E-state index >= 15 is 0 Å². The summed E-state index contributed by atoms with van der Waals surface area (Å²) in [6.07, 6.45) is 0. The summed E-state index contributed by atoms with van der Waals surface area (Å²) in [4.78, 5) is 12.6. The van der Waals surface area contributed by atoms with Crippen LogP contribution in [0.3, 0.4) is 0 Å². The van der Waals surface area contributed by atoms with Crippen molar-refractivity contribution < 1.29 is 18.5 Å². The highest BCUT2D eigenvalue weighted by molar-refractivity contribution is 7.89. The quantitative estimate of drug-likeness (QED) is 0.621. The summed E-state index contributed by atoms with van der Waals surface area (Å²) < 4.78 is 26.6. The van der Waals surface area contributed by atoms with E-state index in [9.17, 15) is 13.2 Å². The lowest BCUT2D eigenvalue weighted by Gasteiger charge is -2.19. The number of amides is 1. The normalized spacial score (nSPS) is 13.8. The van der Waals surface area contributed by atoms with Gasteiger partial charge in [-0.05, 0) is 31.5 Å². The van der Waals surface area contributed by atoms with Crippen molar-refractivity contribution >= 4 is 15.9 Å². The minimum Gasteiger partial charge on any atom is -0.345 e. The molecule has 3 N–H and O–H groups in total. The van der Waals surface area contributed by atoms with Gasteiger partial charge in [0.1, 0.15) is 6.04 Å². The molecule has 0 bridgehead atoms. The lowest BCUT2D eigenvalue weighted by Crippen LogP contribution is -2.87.